The summed E-state index contributed by atoms with van der Waals surface area (Å²) in [6.45, 7) is 11.1. The Labute approximate surface area is 172 Å². The van der Waals surface area contributed by atoms with Crippen LogP contribution in [0.15, 0.2) is 24.3 Å². The number of benzene rings is 1. The van der Waals surface area contributed by atoms with Crippen molar-refractivity contribution >= 4 is 5.91 Å². The molecule has 0 unspecified atom stereocenters. The number of likely N-dealkylation sites (tertiary alicyclic amines) is 1. The molecule has 1 amide bonds. The Kier molecular flexibility index (Phi) is 5.28. The largest absolute Gasteiger partial charge is 0.454 e. The summed E-state index contributed by atoms with van der Waals surface area (Å²) in [5.41, 5.74) is 2.96. The van der Waals surface area contributed by atoms with Crippen molar-refractivity contribution in [3.05, 3.63) is 41.2 Å². The smallest absolute Gasteiger partial charge is 0.272 e. The number of rotatable bonds is 5. The zero-order valence-electron chi connectivity index (χ0n) is 17.9. The monoisotopic (exact) mass is 397 g/mol. The molecule has 0 bridgehead atoms. The molecule has 6 heteroatoms. The molecule has 6 nitrogen and oxygen atoms in total. The van der Waals surface area contributed by atoms with Crippen LogP contribution < -0.4 is 9.47 Å². The molecule has 29 heavy (non-hydrogen) atoms. The summed E-state index contributed by atoms with van der Waals surface area (Å²) in [7, 11) is 0. The predicted molar refractivity (Wildman–Crippen MR) is 112 cm³/mol. The molecule has 2 aliphatic heterocycles. The Morgan fingerprint density at radius 2 is 2.03 bits per heavy atom. The summed E-state index contributed by atoms with van der Waals surface area (Å²) in [6.07, 6.45) is 3.04. The van der Waals surface area contributed by atoms with Gasteiger partial charge in [0.25, 0.3) is 5.91 Å². The first-order valence-corrected chi connectivity index (χ1v) is 10.6. The minimum absolute atomic E-state index is 0.0412. The predicted octanol–water partition coefficient (Wildman–Crippen LogP) is 4.24. The van der Waals surface area contributed by atoms with Gasteiger partial charge in [0.1, 0.15) is 5.69 Å². The van der Waals surface area contributed by atoms with Crippen molar-refractivity contribution in [2.75, 3.05) is 19.9 Å². The van der Waals surface area contributed by atoms with Gasteiger partial charge < -0.3 is 14.4 Å². The molecule has 2 aromatic rings. The van der Waals surface area contributed by atoms with Gasteiger partial charge >= 0.3 is 0 Å². The van der Waals surface area contributed by atoms with E-state index in [2.05, 4.69) is 38.0 Å². The molecule has 1 atom stereocenters. The summed E-state index contributed by atoms with van der Waals surface area (Å²) in [6, 6.07) is 8.15. The maximum atomic E-state index is 13.3. The van der Waals surface area contributed by atoms with E-state index in [1.165, 1.54) is 5.56 Å². The molecule has 0 radical (unpaired) electrons. The van der Waals surface area contributed by atoms with Crippen LogP contribution in [-0.2, 0) is 13.0 Å². The Bertz CT molecular complexity index is 905. The zero-order valence-corrected chi connectivity index (χ0v) is 17.9. The van der Waals surface area contributed by atoms with Gasteiger partial charge in [0.2, 0.25) is 6.79 Å². The highest BCUT2D eigenvalue weighted by atomic mass is 16.7. The van der Waals surface area contributed by atoms with Crippen molar-refractivity contribution in [3.8, 4) is 11.5 Å². The van der Waals surface area contributed by atoms with Crippen LogP contribution in [0, 0.1) is 5.41 Å². The first-order valence-electron chi connectivity index (χ1n) is 10.6. The molecular weight excluding hydrogens is 366 g/mol. The standard InChI is InChI=1S/C23H31N3O3/c1-5-26-19(12-18(24-26)16(2)3)22(27)25-10-6-9-23(4,14-25)13-17-7-8-20-21(11-17)29-15-28-20/h7-8,11-12,16H,5-6,9-10,13-15H2,1-4H3/t23-/m1/s1. The number of nitrogens with zero attached hydrogens (tertiary/aromatic N) is 3. The number of fused-ring (bicyclic) bond motifs is 1. The molecule has 2 aliphatic rings. The number of hydrogen-bond acceptors (Lipinski definition) is 4. The maximum Gasteiger partial charge on any atom is 0.272 e. The lowest BCUT2D eigenvalue weighted by Crippen LogP contribution is -2.46. The van der Waals surface area contributed by atoms with Gasteiger partial charge in [-0.2, -0.15) is 5.10 Å². The Morgan fingerprint density at radius 1 is 1.24 bits per heavy atom. The van der Waals surface area contributed by atoms with Gasteiger partial charge in [-0.1, -0.05) is 26.8 Å². The van der Waals surface area contributed by atoms with E-state index in [1.807, 2.05) is 28.6 Å². The lowest BCUT2D eigenvalue weighted by molar-refractivity contribution is 0.0539. The molecular formula is C23H31N3O3. The average Bonchev–Trinajstić information content (AvgIpc) is 3.33. The van der Waals surface area contributed by atoms with Crippen LogP contribution in [0.3, 0.4) is 0 Å². The van der Waals surface area contributed by atoms with Crippen LogP contribution in [0.2, 0.25) is 0 Å². The summed E-state index contributed by atoms with van der Waals surface area (Å²) < 4.78 is 12.8. The first kappa shape index (κ1) is 19.8. The molecule has 0 N–H and O–H groups in total. The summed E-state index contributed by atoms with van der Waals surface area (Å²) in [5, 5.41) is 4.62. The van der Waals surface area contributed by atoms with Crippen LogP contribution in [0.25, 0.3) is 0 Å². The molecule has 0 aliphatic carbocycles. The van der Waals surface area contributed by atoms with Gasteiger partial charge in [-0.25, -0.2) is 0 Å². The van der Waals surface area contributed by atoms with Gasteiger partial charge in [-0.05, 0) is 61.3 Å². The third kappa shape index (κ3) is 3.98. The van der Waals surface area contributed by atoms with E-state index < -0.39 is 0 Å². The normalized spacial score (nSPS) is 21.1. The number of hydrogen-bond donors (Lipinski definition) is 0. The molecule has 1 aromatic carbocycles. The third-order valence-corrected chi connectivity index (χ3v) is 6.05. The van der Waals surface area contributed by atoms with Gasteiger partial charge in [-0.15, -0.1) is 0 Å². The van der Waals surface area contributed by atoms with E-state index in [1.54, 1.807) is 0 Å². The van der Waals surface area contributed by atoms with Gasteiger partial charge in [0, 0.05) is 19.6 Å². The molecule has 3 heterocycles. The van der Waals surface area contributed by atoms with Crippen LogP contribution in [0.1, 0.15) is 68.2 Å². The van der Waals surface area contributed by atoms with E-state index in [-0.39, 0.29) is 11.3 Å². The van der Waals surface area contributed by atoms with Crippen LogP contribution in [0.4, 0.5) is 0 Å². The van der Waals surface area contributed by atoms with Crippen molar-refractivity contribution in [2.24, 2.45) is 5.41 Å². The SMILES string of the molecule is CCn1nc(C(C)C)cc1C(=O)N1CCC[C@](C)(Cc2ccc3c(c2)OCO3)C1. The number of aromatic nitrogens is 2. The second-order valence-corrected chi connectivity index (χ2v) is 8.93. The number of aryl methyl sites for hydroxylation is 1. The summed E-state index contributed by atoms with van der Waals surface area (Å²) >= 11 is 0. The lowest BCUT2D eigenvalue weighted by atomic mass is 9.77. The number of carbonyl (C=O) groups excluding carboxylic acids is 1. The van der Waals surface area contributed by atoms with E-state index in [4.69, 9.17) is 9.47 Å². The fraction of sp³-hybridized carbons (Fsp3) is 0.565. The maximum absolute atomic E-state index is 13.3. The van der Waals surface area contributed by atoms with E-state index >= 15 is 0 Å². The fourth-order valence-corrected chi connectivity index (χ4v) is 4.47. The van der Waals surface area contributed by atoms with Gasteiger partial charge in [-0.3, -0.25) is 9.48 Å². The van der Waals surface area contributed by atoms with Gasteiger partial charge in [0.05, 0.1) is 5.69 Å². The lowest BCUT2D eigenvalue weighted by Gasteiger charge is -2.40. The molecule has 156 valence electrons. The average molecular weight is 398 g/mol. The number of amides is 1. The second kappa shape index (κ2) is 7.73. The highest BCUT2D eigenvalue weighted by molar-refractivity contribution is 5.92. The van der Waals surface area contributed by atoms with Crippen molar-refractivity contribution in [1.29, 1.82) is 0 Å². The van der Waals surface area contributed by atoms with Crippen molar-refractivity contribution < 1.29 is 14.3 Å². The number of carbonyl (C=O) groups is 1. The fourth-order valence-electron chi connectivity index (χ4n) is 4.47. The van der Waals surface area contributed by atoms with E-state index in [0.29, 0.717) is 24.9 Å². The van der Waals surface area contributed by atoms with E-state index in [0.717, 1.165) is 49.5 Å². The highest BCUT2D eigenvalue weighted by Gasteiger charge is 2.35. The summed E-state index contributed by atoms with van der Waals surface area (Å²) in [4.78, 5) is 15.4. The van der Waals surface area contributed by atoms with Crippen LogP contribution in [-0.4, -0.2) is 40.5 Å². The van der Waals surface area contributed by atoms with Crippen molar-refractivity contribution in [3.63, 3.8) is 0 Å². The Morgan fingerprint density at radius 3 is 2.79 bits per heavy atom. The van der Waals surface area contributed by atoms with Crippen molar-refractivity contribution in [2.45, 2.75) is 59.4 Å². The topological polar surface area (TPSA) is 56.6 Å². The van der Waals surface area contributed by atoms with Crippen LogP contribution >= 0.6 is 0 Å². The van der Waals surface area contributed by atoms with Gasteiger partial charge in [0.15, 0.2) is 11.5 Å². The Balaban J connectivity index is 1.51. The van der Waals surface area contributed by atoms with Crippen LogP contribution in [0.5, 0.6) is 11.5 Å². The quantitative estimate of drug-likeness (QED) is 0.757. The highest BCUT2D eigenvalue weighted by Crippen LogP contribution is 2.38. The minimum Gasteiger partial charge on any atom is -0.454 e. The molecule has 1 saturated heterocycles. The number of piperidine rings is 1. The number of ether oxygens (including phenoxy) is 2. The molecule has 0 spiro atoms. The first-order chi connectivity index (χ1) is 13.9. The third-order valence-electron chi connectivity index (χ3n) is 6.05. The van der Waals surface area contributed by atoms with E-state index in [9.17, 15) is 4.79 Å². The molecule has 1 fully saturated rings. The molecule has 4 rings (SSSR count). The zero-order chi connectivity index (χ0) is 20.6. The Hall–Kier alpha value is -2.50. The van der Waals surface area contributed by atoms with Crippen molar-refractivity contribution in [1.82, 2.24) is 14.7 Å². The molecule has 1 aromatic heterocycles. The molecule has 0 saturated carbocycles. The summed E-state index contributed by atoms with van der Waals surface area (Å²) in [5.74, 6) is 2.05. The minimum atomic E-state index is 0.0412. The second-order valence-electron chi connectivity index (χ2n) is 8.93.